The van der Waals surface area contributed by atoms with Crippen molar-refractivity contribution in [1.82, 2.24) is 20.0 Å². The van der Waals surface area contributed by atoms with Crippen molar-refractivity contribution in [3.05, 3.63) is 76.7 Å². The van der Waals surface area contributed by atoms with E-state index >= 15 is 0 Å². The molecule has 2 aromatic carbocycles. The average Bonchev–Trinajstić information content (AvgIpc) is 3.15. The van der Waals surface area contributed by atoms with Crippen LogP contribution in [-0.4, -0.2) is 25.9 Å². The number of pyridine rings is 1. The SMILES string of the molecule is CCc1cn(Cc2ccc3c(-c4ccc(Cl)cc4)cc(C(N)=O)nc3c2)nn1. The maximum atomic E-state index is 11.8. The molecule has 0 aliphatic heterocycles. The van der Waals surface area contributed by atoms with Crippen LogP contribution in [0.4, 0.5) is 0 Å². The number of benzene rings is 2. The Morgan fingerprint density at radius 2 is 1.93 bits per heavy atom. The first-order valence-corrected chi connectivity index (χ1v) is 9.29. The van der Waals surface area contributed by atoms with Gasteiger partial charge >= 0.3 is 0 Å². The highest BCUT2D eigenvalue weighted by molar-refractivity contribution is 6.30. The van der Waals surface area contributed by atoms with Gasteiger partial charge in [-0.15, -0.1) is 5.10 Å². The van der Waals surface area contributed by atoms with Gasteiger partial charge in [0.2, 0.25) is 0 Å². The van der Waals surface area contributed by atoms with Crippen LogP contribution in [-0.2, 0) is 13.0 Å². The van der Waals surface area contributed by atoms with Crippen molar-refractivity contribution in [3.63, 3.8) is 0 Å². The fraction of sp³-hybridized carbons (Fsp3) is 0.143. The van der Waals surface area contributed by atoms with Crippen molar-refractivity contribution < 1.29 is 4.79 Å². The van der Waals surface area contributed by atoms with Crippen molar-refractivity contribution in [1.29, 1.82) is 0 Å². The lowest BCUT2D eigenvalue weighted by Crippen LogP contribution is -2.13. The number of hydrogen-bond donors (Lipinski definition) is 1. The number of aromatic nitrogens is 4. The Kier molecular flexibility index (Phi) is 4.79. The maximum absolute atomic E-state index is 11.8. The fourth-order valence-corrected chi connectivity index (χ4v) is 3.26. The van der Waals surface area contributed by atoms with Gasteiger partial charge in [0.25, 0.3) is 5.91 Å². The average molecular weight is 392 g/mol. The van der Waals surface area contributed by atoms with E-state index in [1.165, 1.54) is 0 Å². The molecule has 0 fully saturated rings. The van der Waals surface area contributed by atoms with E-state index in [4.69, 9.17) is 17.3 Å². The number of halogens is 1. The highest BCUT2D eigenvalue weighted by Gasteiger charge is 2.12. The Morgan fingerprint density at radius 3 is 2.61 bits per heavy atom. The summed E-state index contributed by atoms with van der Waals surface area (Å²) in [6.45, 7) is 2.61. The molecule has 6 nitrogen and oxygen atoms in total. The third kappa shape index (κ3) is 3.59. The zero-order valence-electron chi connectivity index (χ0n) is 15.3. The molecule has 0 spiro atoms. The van der Waals surface area contributed by atoms with Crippen LogP contribution >= 0.6 is 11.6 Å². The van der Waals surface area contributed by atoms with Crippen molar-refractivity contribution in [3.8, 4) is 11.1 Å². The predicted molar refractivity (Wildman–Crippen MR) is 109 cm³/mol. The van der Waals surface area contributed by atoms with Crippen LogP contribution in [0.3, 0.4) is 0 Å². The highest BCUT2D eigenvalue weighted by Crippen LogP contribution is 2.30. The Morgan fingerprint density at radius 1 is 1.14 bits per heavy atom. The van der Waals surface area contributed by atoms with E-state index in [2.05, 4.69) is 15.3 Å². The van der Waals surface area contributed by atoms with Gasteiger partial charge in [0.05, 0.1) is 17.8 Å². The molecule has 1 amide bonds. The van der Waals surface area contributed by atoms with E-state index in [9.17, 15) is 4.79 Å². The molecule has 0 unspecified atom stereocenters. The van der Waals surface area contributed by atoms with Crippen molar-refractivity contribution >= 4 is 28.4 Å². The Hall–Kier alpha value is -3.25. The minimum atomic E-state index is -0.564. The molecule has 2 heterocycles. The van der Waals surface area contributed by atoms with Gasteiger partial charge in [0.15, 0.2) is 0 Å². The maximum Gasteiger partial charge on any atom is 0.267 e. The fourth-order valence-electron chi connectivity index (χ4n) is 3.13. The summed E-state index contributed by atoms with van der Waals surface area (Å²) in [6.07, 6.45) is 2.77. The first-order chi connectivity index (χ1) is 13.5. The van der Waals surface area contributed by atoms with Crippen LogP contribution in [0, 0.1) is 0 Å². The molecular formula is C21H18ClN5O. The van der Waals surface area contributed by atoms with Crippen molar-refractivity contribution in [2.75, 3.05) is 0 Å². The van der Waals surface area contributed by atoms with E-state index in [1.54, 1.807) is 10.7 Å². The number of carbonyl (C=O) groups is 1. The lowest BCUT2D eigenvalue weighted by atomic mass is 9.99. The van der Waals surface area contributed by atoms with E-state index in [0.29, 0.717) is 17.1 Å². The highest BCUT2D eigenvalue weighted by atomic mass is 35.5. The van der Waals surface area contributed by atoms with Gasteiger partial charge in [-0.25, -0.2) is 9.67 Å². The third-order valence-corrected chi connectivity index (χ3v) is 4.83. The van der Waals surface area contributed by atoms with Gasteiger partial charge in [-0.3, -0.25) is 4.79 Å². The number of fused-ring (bicyclic) bond motifs is 1. The molecule has 0 saturated carbocycles. The number of carbonyl (C=O) groups excluding carboxylic acids is 1. The van der Waals surface area contributed by atoms with Crippen LogP contribution in [0.1, 0.15) is 28.7 Å². The molecule has 4 rings (SSSR count). The Balaban J connectivity index is 1.81. The van der Waals surface area contributed by atoms with Gasteiger partial charge in [-0.1, -0.05) is 48.0 Å². The minimum Gasteiger partial charge on any atom is -0.364 e. The van der Waals surface area contributed by atoms with E-state index in [0.717, 1.165) is 34.2 Å². The first kappa shape index (κ1) is 18.1. The Bertz CT molecular complexity index is 1170. The molecule has 0 radical (unpaired) electrons. The van der Waals surface area contributed by atoms with Gasteiger partial charge in [0, 0.05) is 16.6 Å². The zero-order valence-corrected chi connectivity index (χ0v) is 16.0. The molecule has 0 bridgehead atoms. The summed E-state index contributed by atoms with van der Waals surface area (Å²) in [7, 11) is 0. The molecule has 140 valence electrons. The number of nitrogens with two attached hydrogens (primary N) is 1. The van der Waals surface area contributed by atoms with Gasteiger partial charge in [0.1, 0.15) is 5.69 Å². The number of aryl methyl sites for hydroxylation is 1. The largest absolute Gasteiger partial charge is 0.364 e. The lowest BCUT2D eigenvalue weighted by Gasteiger charge is -2.10. The van der Waals surface area contributed by atoms with Crippen LogP contribution in [0.5, 0.6) is 0 Å². The van der Waals surface area contributed by atoms with E-state index in [1.807, 2.05) is 55.6 Å². The standard InChI is InChI=1S/C21H18ClN5O/c1-2-16-12-27(26-25-16)11-13-3-8-17-18(14-4-6-15(22)7-5-14)10-20(21(23)28)24-19(17)9-13/h3-10,12H,2,11H2,1H3,(H2,23,28). The second-order valence-electron chi connectivity index (χ2n) is 6.54. The summed E-state index contributed by atoms with van der Waals surface area (Å²) in [5.74, 6) is -0.564. The molecule has 0 saturated heterocycles. The smallest absolute Gasteiger partial charge is 0.267 e. The lowest BCUT2D eigenvalue weighted by molar-refractivity contribution is 0.0996. The predicted octanol–water partition coefficient (Wildman–Crippen LogP) is 3.86. The molecule has 2 aromatic heterocycles. The van der Waals surface area contributed by atoms with Crippen LogP contribution in [0.15, 0.2) is 54.7 Å². The summed E-state index contributed by atoms with van der Waals surface area (Å²) in [6, 6.07) is 15.2. The minimum absolute atomic E-state index is 0.226. The van der Waals surface area contributed by atoms with Gasteiger partial charge in [-0.2, -0.15) is 0 Å². The van der Waals surface area contributed by atoms with Crippen LogP contribution in [0.2, 0.25) is 5.02 Å². The number of nitrogens with zero attached hydrogens (tertiary/aromatic N) is 4. The van der Waals surface area contributed by atoms with Crippen LogP contribution in [0.25, 0.3) is 22.0 Å². The molecule has 7 heteroatoms. The van der Waals surface area contributed by atoms with Crippen molar-refractivity contribution in [2.24, 2.45) is 5.73 Å². The van der Waals surface area contributed by atoms with E-state index < -0.39 is 5.91 Å². The quantitative estimate of drug-likeness (QED) is 0.559. The summed E-state index contributed by atoms with van der Waals surface area (Å²) >= 11 is 6.01. The van der Waals surface area contributed by atoms with Gasteiger partial charge in [-0.05, 0) is 47.4 Å². The second-order valence-corrected chi connectivity index (χ2v) is 6.98. The molecule has 2 N–H and O–H groups in total. The molecule has 4 aromatic rings. The summed E-state index contributed by atoms with van der Waals surface area (Å²) in [5.41, 5.74) is 10.2. The topological polar surface area (TPSA) is 86.7 Å². The zero-order chi connectivity index (χ0) is 19.7. The third-order valence-electron chi connectivity index (χ3n) is 4.57. The molecular weight excluding hydrogens is 374 g/mol. The monoisotopic (exact) mass is 391 g/mol. The summed E-state index contributed by atoms with van der Waals surface area (Å²) < 4.78 is 1.79. The molecule has 0 aliphatic rings. The van der Waals surface area contributed by atoms with Gasteiger partial charge < -0.3 is 5.73 Å². The number of hydrogen-bond acceptors (Lipinski definition) is 4. The summed E-state index contributed by atoms with van der Waals surface area (Å²) in [5, 5.41) is 9.84. The number of amides is 1. The molecule has 28 heavy (non-hydrogen) atoms. The van der Waals surface area contributed by atoms with Crippen LogP contribution < -0.4 is 5.73 Å². The van der Waals surface area contributed by atoms with Crippen molar-refractivity contribution in [2.45, 2.75) is 19.9 Å². The first-order valence-electron chi connectivity index (χ1n) is 8.92. The number of primary amides is 1. The summed E-state index contributed by atoms with van der Waals surface area (Å²) in [4.78, 5) is 16.3. The molecule has 0 aliphatic carbocycles. The second kappa shape index (κ2) is 7.40. The number of rotatable bonds is 5. The molecule has 0 atom stereocenters. The van der Waals surface area contributed by atoms with E-state index in [-0.39, 0.29) is 5.69 Å². The normalized spacial score (nSPS) is 11.1. The Labute approximate surface area is 167 Å².